The third-order valence-corrected chi connectivity index (χ3v) is 5.48. The highest BCUT2D eigenvalue weighted by Crippen LogP contribution is 2.28. The fourth-order valence-electron chi connectivity index (χ4n) is 2.42. The van der Waals surface area contributed by atoms with Crippen LogP contribution in [-0.2, 0) is 11.8 Å². The maximum absolute atomic E-state index is 12.5. The van der Waals surface area contributed by atoms with Crippen molar-refractivity contribution in [1.82, 2.24) is 9.55 Å². The van der Waals surface area contributed by atoms with Gasteiger partial charge >= 0.3 is 0 Å². The van der Waals surface area contributed by atoms with Gasteiger partial charge in [-0.15, -0.1) is 0 Å². The molecule has 0 fully saturated rings. The number of hydrogen-bond acceptors (Lipinski definition) is 3. The fraction of sp³-hybridized carbons (Fsp3) is 0.222. The maximum Gasteiger partial charge on any atom is 0.237 e. The van der Waals surface area contributed by atoms with Crippen LogP contribution >= 0.6 is 23.4 Å². The zero-order chi connectivity index (χ0) is 17.3. The van der Waals surface area contributed by atoms with Crippen molar-refractivity contribution in [2.75, 3.05) is 5.32 Å². The third-order valence-electron chi connectivity index (χ3n) is 3.92. The Kier molecular flexibility index (Phi) is 4.83. The molecule has 1 heterocycles. The number of halogens is 1. The van der Waals surface area contributed by atoms with Crippen LogP contribution in [0.2, 0.25) is 5.02 Å². The first-order valence-corrected chi connectivity index (χ1v) is 8.87. The molecule has 4 nitrogen and oxygen atoms in total. The van der Waals surface area contributed by atoms with Crippen LogP contribution in [0.1, 0.15) is 12.5 Å². The number of thioether (sulfide) groups is 1. The summed E-state index contributed by atoms with van der Waals surface area (Å²) < 4.78 is 2.01. The number of rotatable bonds is 4. The van der Waals surface area contributed by atoms with E-state index >= 15 is 0 Å². The third kappa shape index (κ3) is 3.28. The second-order valence-corrected chi connectivity index (χ2v) is 7.32. The first kappa shape index (κ1) is 16.9. The van der Waals surface area contributed by atoms with Crippen LogP contribution in [0.3, 0.4) is 0 Å². The van der Waals surface area contributed by atoms with Gasteiger partial charge in [0.1, 0.15) is 0 Å². The summed E-state index contributed by atoms with van der Waals surface area (Å²) >= 11 is 7.54. The number of benzene rings is 2. The molecule has 2 aromatic carbocycles. The van der Waals surface area contributed by atoms with Crippen LogP contribution in [0.4, 0.5) is 5.69 Å². The van der Waals surface area contributed by atoms with Crippen LogP contribution in [0.5, 0.6) is 0 Å². The van der Waals surface area contributed by atoms with E-state index in [0.29, 0.717) is 5.02 Å². The van der Waals surface area contributed by atoms with Crippen molar-refractivity contribution in [3.8, 4) is 0 Å². The molecule has 0 saturated carbocycles. The quantitative estimate of drug-likeness (QED) is 0.689. The van der Waals surface area contributed by atoms with E-state index in [1.54, 1.807) is 0 Å². The Morgan fingerprint density at radius 3 is 2.75 bits per heavy atom. The van der Waals surface area contributed by atoms with Crippen LogP contribution in [0, 0.1) is 6.92 Å². The molecule has 124 valence electrons. The molecule has 0 aliphatic rings. The number of carbonyl (C=O) groups excluding carboxylic acids is 1. The van der Waals surface area contributed by atoms with Gasteiger partial charge in [-0.25, -0.2) is 4.98 Å². The average Bonchev–Trinajstić information content (AvgIpc) is 2.88. The minimum absolute atomic E-state index is 0.0718. The molecule has 24 heavy (non-hydrogen) atoms. The molecule has 0 saturated heterocycles. The molecule has 0 aliphatic carbocycles. The van der Waals surface area contributed by atoms with E-state index in [1.165, 1.54) is 11.8 Å². The Balaban J connectivity index is 1.76. The van der Waals surface area contributed by atoms with Crippen LogP contribution in [0.25, 0.3) is 11.0 Å². The highest BCUT2D eigenvalue weighted by atomic mass is 35.5. The minimum Gasteiger partial charge on any atom is -0.325 e. The van der Waals surface area contributed by atoms with E-state index < -0.39 is 0 Å². The molecule has 0 bridgehead atoms. The van der Waals surface area contributed by atoms with Gasteiger partial charge in [0.15, 0.2) is 5.16 Å². The molecule has 6 heteroatoms. The lowest BCUT2D eigenvalue weighted by atomic mass is 10.2. The molecule has 3 aromatic rings. The molecule has 3 rings (SSSR count). The van der Waals surface area contributed by atoms with Gasteiger partial charge in [-0.05, 0) is 43.7 Å². The summed E-state index contributed by atoms with van der Waals surface area (Å²) in [5.41, 5.74) is 3.59. The Labute approximate surface area is 150 Å². The number of anilines is 1. The van der Waals surface area contributed by atoms with Crippen molar-refractivity contribution >= 4 is 46.0 Å². The van der Waals surface area contributed by atoms with E-state index in [4.69, 9.17) is 11.6 Å². The number of fused-ring (bicyclic) bond motifs is 1. The number of aryl methyl sites for hydroxylation is 1. The van der Waals surface area contributed by atoms with Gasteiger partial charge in [0.2, 0.25) is 5.91 Å². The summed E-state index contributed by atoms with van der Waals surface area (Å²) in [6.45, 7) is 3.76. The summed E-state index contributed by atoms with van der Waals surface area (Å²) in [7, 11) is 1.96. The molecule has 1 aromatic heterocycles. The normalized spacial score (nSPS) is 12.3. The maximum atomic E-state index is 12.5. The first-order valence-electron chi connectivity index (χ1n) is 7.61. The molecule has 0 radical (unpaired) electrons. The number of nitrogens with zero attached hydrogens (tertiary/aromatic N) is 2. The van der Waals surface area contributed by atoms with E-state index in [2.05, 4.69) is 10.3 Å². The average molecular weight is 360 g/mol. The first-order chi connectivity index (χ1) is 11.5. The Morgan fingerprint density at radius 1 is 1.25 bits per heavy atom. The van der Waals surface area contributed by atoms with Gasteiger partial charge in [0.05, 0.1) is 16.3 Å². The highest BCUT2D eigenvalue weighted by Gasteiger charge is 2.19. The van der Waals surface area contributed by atoms with Gasteiger partial charge in [-0.3, -0.25) is 4.79 Å². The van der Waals surface area contributed by atoms with E-state index in [-0.39, 0.29) is 11.2 Å². The topological polar surface area (TPSA) is 46.9 Å². The Hall–Kier alpha value is -1.98. The van der Waals surface area contributed by atoms with Gasteiger partial charge in [-0.2, -0.15) is 0 Å². The standard InChI is InChI=1S/C18H18ClN3OS/c1-11-13(19)7-6-9-14(11)20-17(23)12(2)24-18-21-15-8-4-5-10-16(15)22(18)3/h4-10,12H,1-3H3,(H,20,23). The molecular formula is C18H18ClN3OS. The van der Waals surface area contributed by atoms with Crippen LogP contribution in [0.15, 0.2) is 47.6 Å². The highest BCUT2D eigenvalue weighted by molar-refractivity contribution is 8.00. The van der Waals surface area contributed by atoms with Crippen LogP contribution < -0.4 is 5.32 Å². The number of carbonyl (C=O) groups is 1. The molecule has 0 aliphatic heterocycles. The lowest BCUT2D eigenvalue weighted by molar-refractivity contribution is -0.115. The monoisotopic (exact) mass is 359 g/mol. The number of para-hydroxylation sites is 2. The number of hydrogen-bond donors (Lipinski definition) is 1. The van der Waals surface area contributed by atoms with Crippen molar-refractivity contribution in [3.63, 3.8) is 0 Å². The van der Waals surface area contributed by atoms with E-state index in [0.717, 1.165) is 27.4 Å². The lowest BCUT2D eigenvalue weighted by Crippen LogP contribution is -2.23. The number of aromatic nitrogens is 2. The minimum atomic E-state index is -0.279. The van der Waals surface area contributed by atoms with Gasteiger partial charge in [0, 0.05) is 17.8 Å². The van der Waals surface area contributed by atoms with Crippen molar-refractivity contribution in [3.05, 3.63) is 53.1 Å². The van der Waals surface area contributed by atoms with E-state index in [9.17, 15) is 4.79 Å². The Morgan fingerprint density at radius 2 is 2.00 bits per heavy atom. The molecule has 1 N–H and O–H groups in total. The molecule has 0 spiro atoms. The zero-order valence-corrected chi connectivity index (χ0v) is 15.3. The summed E-state index contributed by atoms with van der Waals surface area (Å²) in [6.07, 6.45) is 0. The van der Waals surface area contributed by atoms with Gasteiger partial charge in [0.25, 0.3) is 0 Å². The van der Waals surface area contributed by atoms with E-state index in [1.807, 2.05) is 67.9 Å². The summed E-state index contributed by atoms with van der Waals surface area (Å²) in [4.78, 5) is 17.1. The van der Waals surface area contributed by atoms with Gasteiger partial charge in [-0.1, -0.05) is 41.6 Å². The zero-order valence-electron chi connectivity index (χ0n) is 13.7. The molecule has 1 atom stereocenters. The number of nitrogens with one attached hydrogen (secondary N) is 1. The predicted octanol–water partition coefficient (Wildman–Crippen LogP) is 4.65. The predicted molar refractivity (Wildman–Crippen MR) is 101 cm³/mol. The number of imidazole rings is 1. The summed E-state index contributed by atoms with van der Waals surface area (Å²) in [6, 6.07) is 13.4. The van der Waals surface area contributed by atoms with Crippen LogP contribution in [-0.4, -0.2) is 20.7 Å². The smallest absolute Gasteiger partial charge is 0.237 e. The number of amides is 1. The largest absolute Gasteiger partial charge is 0.325 e. The van der Waals surface area contributed by atoms with Crippen molar-refractivity contribution in [2.45, 2.75) is 24.3 Å². The summed E-state index contributed by atoms with van der Waals surface area (Å²) in [5.74, 6) is -0.0718. The molecule has 1 amide bonds. The lowest BCUT2D eigenvalue weighted by Gasteiger charge is -2.14. The summed E-state index contributed by atoms with van der Waals surface area (Å²) in [5, 5.41) is 4.13. The van der Waals surface area contributed by atoms with Crippen molar-refractivity contribution in [1.29, 1.82) is 0 Å². The van der Waals surface area contributed by atoms with Gasteiger partial charge < -0.3 is 9.88 Å². The molecular weight excluding hydrogens is 342 g/mol. The Bertz CT molecular complexity index is 906. The second-order valence-electron chi connectivity index (χ2n) is 5.60. The molecule has 1 unspecified atom stereocenters. The fourth-order valence-corrected chi connectivity index (χ4v) is 3.48. The van der Waals surface area contributed by atoms with Crippen molar-refractivity contribution < 1.29 is 4.79 Å². The SMILES string of the molecule is Cc1c(Cl)cccc1NC(=O)C(C)Sc1nc2ccccc2n1C. The van der Waals surface area contributed by atoms with Crippen molar-refractivity contribution in [2.24, 2.45) is 7.05 Å². The second kappa shape index (κ2) is 6.87.